The van der Waals surface area contributed by atoms with Crippen LogP contribution in [-0.4, -0.2) is 13.3 Å². The first-order chi connectivity index (χ1) is 1.89. The van der Waals surface area contributed by atoms with Gasteiger partial charge < -0.3 is 5.48 Å². The Kier molecular flexibility index (Phi) is 1.47. The zero-order valence-corrected chi connectivity index (χ0v) is 3.49. The second-order valence-corrected chi connectivity index (χ2v) is 1.68. The van der Waals surface area contributed by atoms with E-state index in [-0.39, 0.29) is 5.48 Å². The van der Waals surface area contributed by atoms with Crippen molar-refractivity contribution in [3.63, 3.8) is 0 Å². The zero-order chi connectivity index (χ0) is 2.99. The largest absolute Gasteiger partial charge is 0.412 e. The molecule has 1 rings (SSSR count). The fraction of sp³-hybridized carbons (Fsp3) is 1.00. The Morgan fingerprint density at radius 3 is 1.60 bits per heavy atom. The third-order valence-electron chi connectivity index (χ3n) is 0.866. The van der Waals surface area contributed by atoms with E-state index in [0.717, 1.165) is 5.82 Å². The molecule has 0 radical (unpaired) electrons. The monoisotopic (exact) mass is 72.1 g/mol. The summed E-state index contributed by atoms with van der Waals surface area (Å²) in [7, 11) is 2.28. The van der Waals surface area contributed by atoms with Gasteiger partial charge in [-0.25, -0.2) is 0 Å². The molecule has 1 saturated carbocycles. The molecule has 1 nitrogen and oxygen atoms in total. The Hall–Kier alpha value is 0.0249. The van der Waals surface area contributed by atoms with Crippen molar-refractivity contribution in [2.45, 2.75) is 18.7 Å². The summed E-state index contributed by atoms with van der Waals surface area (Å²) < 4.78 is 0. The van der Waals surface area contributed by atoms with Crippen molar-refractivity contribution >= 4 is 7.85 Å². The maximum atomic E-state index is 2.28. The molecule has 1 aliphatic rings. The molecular formula is C3H9BO. The van der Waals surface area contributed by atoms with Gasteiger partial charge >= 0.3 is 0 Å². The summed E-state index contributed by atoms with van der Waals surface area (Å²) in [6.07, 6.45) is 2.97. The lowest BCUT2D eigenvalue weighted by molar-refractivity contribution is 0.824. The van der Waals surface area contributed by atoms with Gasteiger partial charge in [-0.15, -0.1) is 0 Å². The van der Waals surface area contributed by atoms with Gasteiger partial charge in [-0.05, 0) is 0 Å². The highest BCUT2D eigenvalue weighted by Crippen LogP contribution is 2.31. The molecule has 0 unspecified atom stereocenters. The third kappa shape index (κ3) is 1.80. The molecule has 2 heteroatoms. The van der Waals surface area contributed by atoms with E-state index in [4.69, 9.17) is 0 Å². The summed E-state index contributed by atoms with van der Waals surface area (Å²) in [6, 6.07) is 0. The molecule has 0 bridgehead atoms. The van der Waals surface area contributed by atoms with Crippen molar-refractivity contribution in [1.29, 1.82) is 0 Å². The first kappa shape index (κ1) is 5.02. The van der Waals surface area contributed by atoms with Crippen molar-refractivity contribution in [3.8, 4) is 0 Å². The molecule has 2 N–H and O–H groups in total. The predicted octanol–water partition coefficient (Wildman–Crippen LogP) is -0.623. The minimum atomic E-state index is 0. The van der Waals surface area contributed by atoms with Gasteiger partial charge in [0.1, 0.15) is 7.85 Å². The van der Waals surface area contributed by atoms with Gasteiger partial charge in [0, 0.05) is 0 Å². The summed E-state index contributed by atoms with van der Waals surface area (Å²) in [4.78, 5) is 0. The van der Waals surface area contributed by atoms with E-state index in [1.807, 2.05) is 0 Å². The SMILES string of the molecule is BC1CC1.O. The molecule has 0 aromatic carbocycles. The summed E-state index contributed by atoms with van der Waals surface area (Å²) in [5.41, 5.74) is 0. The van der Waals surface area contributed by atoms with Crippen LogP contribution in [0.5, 0.6) is 0 Å². The van der Waals surface area contributed by atoms with Crippen LogP contribution in [0.4, 0.5) is 0 Å². The van der Waals surface area contributed by atoms with Gasteiger partial charge in [-0.2, -0.15) is 0 Å². The molecule has 0 atom stereocenters. The van der Waals surface area contributed by atoms with Gasteiger partial charge in [0.25, 0.3) is 0 Å². The summed E-state index contributed by atoms with van der Waals surface area (Å²) in [5, 5.41) is 0. The van der Waals surface area contributed by atoms with Crippen LogP contribution in [-0.2, 0) is 0 Å². The maximum absolute atomic E-state index is 2.28. The van der Waals surface area contributed by atoms with Crippen LogP contribution in [0.2, 0.25) is 5.82 Å². The van der Waals surface area contributed by atoms with Gasteiger partial charge in [-0.1, -0.05) is 18.7 Å². The molecule has 0 aromatic rings. The van der Waals surface area contributed by atoms with Crippen molar-refractivity contribution < 1.29 is 5.48 Å². The Labute approximate surface area is 33.1 Å². The molecule has 0 heterocycles. The zero-order valence-electron chi connectivity index (χ0n) is 3.49. The van der Waals surface area contributed by atoms with Gasteiger partial charge in [0.05, 0.1) is 0 Å². The summed E-state index contributed by atoms with van der Waals surface area (Å²) >= 11 is 0. The topological polar surface area (TPSA) is 31.5 Å². The maximum Gasteiger partial charge on any atom is 0.105 e. The average Bonchev–Trinajstić information content (AvgIpc) is 1.75. The lowest BCUT2D eigenvalue weighted by Gasteiger charge is -1.51. The predicted molar refractivity (Wildman–Crippen MR) is 25.1 cm³/mol. The first-order valence-electron chi connectivity index (χ1n) is 1.89. The number of rotatable bonds is 0. The number of hydrogen-bond donors (Lipinski definition) is 0. The molecular weight excluding hydrogens is 62.8 g/mol. The molecule has 0 saturated heterocycles. The van der Waals surface area contributed by atoms with E-state index in [2.05, 4.69) is 7.85 Å². The number of hydrogen-bond acceptors (Lipinski definition) is 0. The molecule has 0 aromatic heterocycles. The first-order valence-corrected chi connectivity index (χ1v) is 1.89. The van der Waals surface area contributed by atoms with Crippen LogP contribution < -0.4 is 0 Å². The molecule has 30 valence electrons. The second-order valence-electron chi connectivity index (χ2n) is 1.68. The highest BCUT2D eigenvalue weighted by atomic mass is 16.0. The van der Waals surface area contributed by atoms with Crippen molar-refractivity contribution in [1.82, 2.24) is 0 Å². The Morgan fingerprint density at radius 1 is 1.40 bits per heavy atom. The standard InChI is InChI=1S/C3H7B.H2O/c4-3-1-2-3;/h3H,1-2,4H2;1H2. The molecule has 5 heavy (non-hydrogen) atoms. The fourth-order valence-electron chi connectivity index (χ4n) is 0.167. The Morgan fingerprint density at radius 2 is 1.60 bits per heavy atom. The van der Waals surface area contributed by atoms with Gasteiger partial charge in [0.15, 0.2) is 0 Å². The normalized spacial score (nSPS) is 20.8. The average molecular weight is 71.9 g/mol. The Balaban J connectivity index is 0.000000160. The highest BCUT2D eigenvalue weighted by Gasteiger charge is 2.12. The lowest BCUT2D eigenvalue weighted by atomic mass is 10.0. The van der Waals surface area contributed by atoms with E-state index >= 15 is 0 Å². The van der Waals surface area contributed by atoms with Crippen molar-refractivity contribution in [2.75, 3.05) is 0 Å². The van der Waals surface area contributed by atoms with E-state index in [1.54, 1.807) is 0 Å². The van der Waals surface area contributed by atoms with Crippen LogP contribution in [0.15, 0.2) is 0 Å². The summed E-state index contributed by atoms with van der Waals surface area (Å²) in [5.74, 6) is 1.08. The minimum Gasteiger partial charge on any atom is -0.412 e. The van der Waals surface area contributed by atoms with E-state index < -0.39 is 0 Å². The molecule has 1 fully saturated rings. The Bertz CT molecular complexity index is 26.1. The smallest absolute Gasteiger partial charge is 0.105 e. The van der Waals surface area contributed by atoms with Crippen molar-refractivity contribution in [2.24, 2.45) is 0 Å². The van der Waals surface area contributed by atoms with E-state index in [1.165, 1.54) is 12.8 Å². The van der Waals surface area contributed by atoms with E-state index in [9.17, 15) is 0 Å². The molecule has 0 aliphatic heterocycles. The summed E-state index contributed by atoms with van der Waals surface area (Å²) in [6.45, 7) is 0. The van der Waals surface area contributed by atoms with Crippen LogP contribution in [0.1, 0.15) is 12.8 Å². The van der Waals surface area contributed by atoms with Crippen molar-refractivity contribution in [3.05, 3.63) is 0 Å². The third-order valence-corrected chi connectivity index (χ3v) is 0.866. The van der Waals surface area contributed by atoms with Crippen LogP contribution >= 0.6 is 0 Å². The van der Waals surface area contributed by atoms with E-state index in [0.29, 0.717) is 0 Å². The van der Waals surface area contributed by atoms with Gasteiger partial charge in [0.2, 0.25) is 0 Å². The highest BCUT2D eigenvalue weighted by molar-refractivity contribution is 6.13. The quantitative estimate of drug-likeness (QED) is 0.341. The van der Waals surface area contributed by atoms with Crippen LogP contribution in [0.3, 0.4) is 0 Å². The lowest BCUT2D eigenvalue weighted by Crippen LogP contribution is -1.47. The minimum absolute atomic E-state index is 0. The molecule has 1 aliphatic carbocycles. The van der Waals surface area contributed by atoms with Gasteiger partial charge in [-0.3, -0.25) is 0 Å². The molecule has 0 spiro atoms. The van der Waals surface area contributed by atoms with Crippen LogP contribution in [0.25, 0.3) is 0 Å². The second kappa shape index (κ2) is 1.46. The van der Waals surface area contributed by atoms with Crippen LogP contribution in [0, 0.1) is 0 Å². The molecule has 0 amide bonds. The fourth-order valence-corrected chi connectivity index (χ4v) is 0.167.